The zero-order valence-corrected chi connectivity index (χ0v) is 16.1. The Balaban J connectivity index is 1.57. The number of anilines is 2. The molecule has 0 bridgehead atoms. The van der Waals surface area contributed by atoms with Crippen LogP contribution in [0.15, 0.2) is 42.7 Å². The number of amides is 1. The smallest absolute Gasteiger partial charge is 0.255 e. The number of methoxy groups -OCH3 is 1. The highest BCUT2D eigenvalue weighted by Crippen LogP contribution is 2.21. The van der Waals surface area contributed by atoms with Crippen molar-refractivity contribution in [3.63, 3.8) is 0 Å². The zero-order chi connectivity index (χ0) is 19.1. The van der Waals surface area contributed by atoms with E-state index < -0.39 is 0 Å². The van der Waals surface area contributed by atoms with Crippen molar-refractivity contribution in [2.45, 2.75) is 19.8 Å². The summed E-state index contributed by atoms with van der Waals surface area (Å²) in [4.78, 5) is 21.3. The minimum atomic E-state index is 0.0519. The van der Waals surface area contributed by atoms with Gasteiger partial charge >= 0.3 is 0 Å². The number of rotatable bonds is 7. The summed E-state index contributed by atoms with van der Waals surface area (Å²) in [6.07, 6.45) is 5.67. The summed E-state index contributed by atoms with van der Waals surface area (Å²) in [5.74, 6) is 0.906. The summed E-state index contributed by atoms with van der Waals surface area (Å²) in [6.45, 7) is 6.11. The Morgan fingerprint density at radius 3 is 2.56 bits per heavy atom. The highest BCUT2D eigenvalue weighted by Gasteiger charge is 2.22. The summed E-state index contributed by atoms with van der Waals surface area (Å²) in [5.41, 5.74) is 2.72. The molecule has 0 saturated carbocycles. The first-order valence-corrected chi connectivity index (χ1v) is 9.58. The van der Waals surface area contributed by atoms with Crippen molar-refractivity contribution >= 4 is 17.3 Å². The SMILES string of the molecule is CCCCNc1cncc(C(=O)N2CCN(c3ccc(OC)cc3)CC2)c1. The molecule has 1 aromatic heterocycles. The van der Waals surface area contributed by atoms with Gasteiger partial charge < -0.3 is 19.9 Å². The number of piperazine rings is 1. The average molecular weight is 368 g/mol. The second kappa shape index (κ2) is 9.26. The van der Waals surface area contributed by atoms with Gasteiger partial charge in [0, 0.05) is 50.8 Å². The highest BCUT2D eigenvalue weighted by molar-refractivity contribution is 5.95. The third-order valence-electron chi connectivity index (χ3n) is 4.85. The molecule has 1 aliphatic heterocycles. The van der Waals surface area contributed by atoms with Gasteiger partial charge in [0.1, 0.15) is 5.75 Å². The van der Waals surface area contributed by atoms with Crippen molar-refractivity contribution in [1.82, 2.24) is 9.88 Å². The number of hydrogen-bond donors (Lipinski definition) is 1. The first kappa shape index (κ1) is 19.0. The van der Waals surface area contributed by atoms with E-state index in [9.17, 15) is 4.79 Å². The molecule has 0 unspecified atom stereocenters. The lowest BCUT2D eigenvalue weighted by atomic mass is 10.2. The minimum Gasteiger partial charge on any atom is -0.497 e. The summed E-state index contributed by atoms with van der Waals surface area (Å²) < 4.78 is 5.21. The van der Waals surface area contributed by atoms with Crippen molar-refractivity contribution in [2.75, 3.05) is 50.1 Å². The first-order chi connectivity index (χ1) is 13.2. The van der Waals surface area contributed by atoms with Gasteiger partial charge in [0.25, 0.3) is 5.91 Å². The molecule has 144 valence electrons. The maximum absolute atomic E-state index is 12.8. The Labute approximate surface area is 161 Å². The van der Waals surface area contributed by atoms with Gasteiger partial charge in [0.15, 0.2) is 0 Å². The van der Waals surface area contributed by atoms with E-state index in [1.807, 2.05) is 23.1 Å². The van der Waals surface area contributed by atoms with Crippen molar-refractivity contribution in [3.05, 3.63) is 48.3 Å². The number of pyridine rings is 1. The van der Waals surface area contributed by atoms with Gasteiger partial charge in [0.2, 0.25) is 0 Å². The number of carbonyl (C=O) groups is 1. The van der Waals surface area contributed by atoms with E-state index in [-0.39, 0.29) is 5.91 Å². The van der Waals surface area contributed by atoms with Crippen LogP contribution in [0.1, 0.15) is 30.1 Å². The van der Waals surface area contributed by atoms with Crippen LogP contribution < -0.4 is 15.0 Å². The Hall–Kier alpha value is -2.76. The number of nitrogens with one attached hydrogen (secondary N) is 1. The third kappa shape index (κ3) is 4.90. The van der Waals surface area contributed by atoms with Crippen molar-refractivity contribution < 1.29 is 9.53 Å². The average Bonchev–Trinajstić information content (AvgIpc) is 2.74. The molecule has 0 spiro atoms. The Kier molecular flexibility index (Phi) is 6.52. The van der Waals surface area contributed by atoms with E-state index >= 15 is 0 Å². The Bertz CT molecular complexity index is 740. The minimum absolute atomic E-state index is 0.0519. The molecule has 0 atom stereocenters. The van der Waals surface area contributed by atoms with Gasteiger partial charge in [-0.2, -0.15) is 0 Å². The van der Waals surface area contributed by atoms with Crippen LogP contribution in [-0.2, 0) is 0 Å². The van der Waals surface area contributed by atoms with Crippen molar-refractivity contribution in [1.29, 1.82) is 0 Å². The van der Waals surface area contributed by atoms with Crippen LogP contribution in [0.3, 0.4) is 0 Å². The standard InChI is InChI=1S/C21H28N4O2/c1-3-4-9-23-18-14-17(15-22-16-18)21(26)25-12-10-24(11-13-25)19-5-7-20(27-2)8-6-19/h5-8,14-16,23H,3-4,9-13H2,1-2H3. The molecule has 0 radical (unpaired) electrons. The maximum Gasteiger partial charge on any atom is 0.255 e. The predicted octanol–water partition coefficient (Wildman–Crippen LogP) is 3.26. The lowest BCUT2D eigenvalue weighted by Gasteiger charge is -2.36. The molecular formula is C21H28N4O2. The van der Waals surface area contributed by atoms with E-state index in [0.29, 0.717) is 18.7 Å². The number of unbranched alkanes of at least 4 members (excludes halogenated alkanes) is 1. The van der Waals surface area contributed by atoms with Gasteiger partial charge in [-0.05, 0) is 36.8 Å². The molecule has 2 aromatic rings. The second-order valence-electron chi connectivity index (χ2n) is 6.72. The summed E-state index contributed by atoms with van der Waals surface area (Å²) >= 11 is 0. The third-order valence-corrected chi connectivity index (χ3v) is 4.85. The normalized spacial score (nSPS) is 14.1. The van der Waals surface area contributed by atoms with Gasteiger partial charge in [0.05, 0.1) is 18.4 Å². The molecule has 6 heteroatoms. The van der Waals surface area contributed by atoms with Crippen LogP contribution in [0.4, 0.5) is 11.4 Å². The number of hydrogen-bond acceptors (Lipinski definition) is 5. The van der Waals surface area contributed by atoms with Crippen molar-refractivity contribution in [2.24, 2.45) is 0 Å². The predicted molar refractivity (Wildman–Crippen MR) is 109 cm³/mol. The van der Waals surface area contributed by atoms with Gasteiger partial charge in [-0.15, -0.1) is 0 Å². The molecule has 1 aromatic carbocycles. The molecule has 3 rings (SSSR count). The van der Waals surface area contributed by atoms with E-state index in [1.165, 1.54) is 0 Å². The van der Waals surface area contributed by atoms with Crippen LogP contribution in [0.2, 0.25) is 0 Å². The molecule has 1 aliphatic rings. The van der Waals surface area contributed by atoms with Gasteiger partial charge in [-0.25, -0.2) is 0 Å². The molecule has 0 aliphatic carbocycles. The van der Waals surface area contributed by atoms with E-state index in [0.717, 1.165) is 49.6 Å². The van der Waals surface area contributed by atoms with Crippen LogP contribution >= 0.6 is 0 Å². The molecular weight excluding hydrogens is 340 g/mol. The topological polar surface area (TPSA) is 57.7 Å². The van der Waals surface area contributed by atoms with Gasteiger partial charge in [-0.1, -0.05) is 13.3 Å². The summed E-state index contributed by atoms with van der Waals surface area (Å²) in [7, 11) is 1.67. The number of ether oxygens (including phenoxy) is 1. The Morgan fingerprint density at radius 2 is 1.89 bits per heavy atom. The molecule has 1 amide bonds. The molecule has 6 nitrogen and oxygen atoms in total. The second-order valence-corrected chi connectivity index (χ2v) is 6.72. The number of benzene rings is 1. The number of aromatic nitrogens is 1. The van der Waals surface area contributed by atoms with E-state index in [2.05, 4.69) is 34.3 Å². The molecule has 27 heavy (non-hydrogen) atoms. The van der Waals surface area contributed by atoms with Crippen LogP contribution in [0.25, 0.3) is 0 Å². The summed E-state index contributed by atoms with van der Waals surface area (Å²) in [6, 6.07) is 9.96. The monoisotopic (exact) mass is 368 g/mol. The first-order valence-electron chi connectivity index (χ1n) is 9.58. The van der Waals surface area contributed by atoms with E-state index in [1.54, 1.807) is 19.5 Å². The van der Waals surface area contributed by atoms with E-state index in [4.69, 9.17) is 4.74 Å². The molecule has 2 heterocycles. The number of carbonyl (C=O) groups excluding carboxylic acids is 1. The van der Waals surface area contributed by atoms with Gasteiger partial charge in [-0.3, -0.25) is 9.78 Å². The maximum atomic E-state index is 12.8. The quantitative estimate of drug-likeness (QED) is 0.760. The zero-order valence-electron chi connectivity index (χ0n) is 16.1. The fourth-order valence-corrected chi connectivity index (χ4v) is 3.21. The summed E-state index contributed by atoms with van der Waals surface area (Å²) in [5, 5.41) is 3.33. The Morgan fingerprint density at radius 1 is 1.15 bits per heavy atom. The lowest BCUT2D eigenvalue weighted by Crippen LogP contribution is -2.48. The lowest BCUT2D eigenvalue weighted by molar-refractivity contribution is 0.0746. The van der Waals surface area contributed by atoms with Crippen molar-refractivity contribution in [3.8, 4) is 5.75 Å². The van der Waals surface area contributed by atoms with Crippen LogP contribution in [0.5, 0.6) is 5.75 Å². The fraction of sp³-hybridized carbons (Fsp3) is 0.429. The largest absolute Gasteiger partial charge is 0.497 e. The molecule has 1 saturated heterocycles. The molecule has 1 fully saturated rings. The fourth-order valence-electron chi connectivity index (χ4n) is 3.21. The number of nitrogens with zero attached hydrogens (tertiary/aromatic N) is 3. The van der Waals surface area contributed by atoms with Crippen LogP contribution in [0, 0.1) is 0 Å². The molecule has 1 N–H and O–H groups in total. The van der Waals surface area contributed by atoms with Crippen LogP contribution in [-0.4, -0.2) is 55.6 Å². The highest BCUT2D eigenvalue weighted by atomic mass is 16.5.